The largest absolute Gasteiger partial charge is 0.460 e. The fourth-order valence-electron chi connectivity index (χ4n) is 2.48. The second-order valence-electron chi connectivity index (χ2n) is 7.36. The minimum absolute atomic E-state index is 0.134. The number of rotatable bonds is 8. The molecule has 0 bridgehead atoms. The first-order chi connectivity index (χ1) is 11.3. The molecule has 1 aromatic rings. The lowest BCUT2D eigenvalue weighted by Crippen LogP contribution is -2.33. The molecule has 2 rings (SSSR count). The summed E-state index contributed by atoms with van der Waals surface area (Å²) < 4.78 is 10.7. The monoisotopic (exact) mass is 333 g/mol. The summed E-state index contributed by atoms with van der Waals surface area (Å²) in [6.07, 6.45) is 2.40. The summed E-state index contributed by atoms with van der Waals surface area (Å²) >= 11 is 0. The summed E-state index contributed by atoms with van der Waals surface area (Å²) in [7, 11) is 0. The molecule has 0 spiro atoms. The van der Waals surface area contributed by atoms with Crippen LogP contribution in [0.2, 0.25) is 0 Å². The highest BCUT2D eigenvalue weighted by Crippen LogP contribution is 2.49. The van der Waals surface area contributed by atoms with E-state index >= 15 is 0 Å². The molecule has 0 amide bonds. The molecule has 0 unspecified atom stereocenters. The van der Waals surface area contributed by atoms with Crippen molar-refractivity contribution < 1.29 is 19.1 Å². The van der Waals surface area contributed by atoms with E-state index in [9.17, 15) is 9.59 Å². The smallest absolute Gasteiger partial charge is 0.320 e. The van der Waals surface area contributed by atoms with E-state index in [1.165, 1.54) is 0 Å². The number of hydrogen-bond donors (Lipinski definition) is 1. The third-order valence-corrected chi connectivity index (χ3v) is 3.97. The van der Waals surface area contributed by atoms with E-state index in [2.05, 4.69) is 5.32 Å². The molecule has 5 heteroatoms. The molecule has 0 saturated heterocycles. The van der Waals surface area contributed by atoms with Gasteiger partial charge in [-0.1, -0.05) is 30.3 Å². The van der Waals surface area contributed by atoms with Crippen LogP contribution in [0.5, 0.6) is 0 Å². The number of carbonyl (C=O) groups is 2. The lowest BCUT2D eigenvalue weighted by Gasteiger charge is -2.20. The molecule has 5 nitrogen and oxygen atoms in total. The summed E-state index contributed by atoms with van der Waals surface area (Å²) in [4.78, 5) is 23.9. The highest BCUT2D eigenvalue weighted by Gasteiger charge is 2.50. The molecule has 1 aromatic carbocycles. The fourth-order valence-corrected chi connectivity index (χ4v) is 2.48. The average molecular weight is 333 g/mol. The maximum absolute atomic E-state index is 12.3. The Labute approximate surface area is 143 Å². The molecular formula is C19H27NO4. The minimum atomic E-state index is -0.474. The van der Waals surface area contributed by atoms with Crippen LogP contribution in [-0.4, -0.2) is 30.6 Å². The van der Waals surface area contributed by atoms with E-state index in [1.54, 1.807) is 0 Å². The first kappa shape index (κ1) is 18.5. The third-order valence-electron chi connectivity index (χ3n) is 3.97. The van der Waals surface area contributed by atoms with Crippen LogP contribution in [-0.2, 0) is 25.7 Å². The van der Waals surface area contributed by atoms with Gasteiger partial charge in [0.2, 0.25) is 0 Å². The van der Waals surface area contributed by atoms with Crippen LogP contribution in [0.4, 0.5) is 0 Å². The van der Waals surface area contributed by atoms with Crippen molar-refractivity contribution in [1.82, 2.24) is 5.32 Å². The molecule has 0 aliphatic heterocycles. The van der Waals surface area contributed by atoms with Crippen molar-refractivity contribution in [3.05, 3.63) is 35.9 Å². The van der Waals surface area contributed by atoms with Gasteiger partial charge in [-0.25, -0.2) is 0 Å². The normalized spacial score (nSPS) is 15.6. The second kappa shape index (κ2) is 7.79. The molecule has 132 valence electrons. The SMILES string of the molecule is CC(C)(C)OC(=O)CNCCC1(C(=O)OCc2ccccc2)CC1. The Balaban J connectivity index is 1.66. The Hall–Kier alpha value is -1.88. The summed E-state index contributed by atoms with van der Waals surface area (Å²) in [5.74, 6) is -0.413. The van der Waals surface area contributed by atoms with Crippen LogP contribution < -0.4 is 5.32 Å². The van der Waals surface area contributed by atoms with E-state index in [-0.39, 0.29) is 23.9 Å². The lowest BCUT2D eigenvalue weighted by molar-refractivity contribution is -0.153. The molecule has 1 aliphatic carbocycles. The number of esters is 2. The van der Waals surface area contributed by atoms with Gasteiger partial charge in [0.25, 0.3) is 0 Å². The van der Waals surface area contributed by atoms with Crippen LogP contribution in [0.1, 0.15) is 45.6 Å². The highest BCUT2D eigenvalue weighted by atomic mass is 16.6. The van der Waals surface area contributed by atoms with Gasteiger partial charge in [-0.05, 0) is 52.1 Å². The van der Waals surface area contributed by atoms with Gasteiger partial charge in [0.15, 0.2) is 0 Å². The first-order valence-electron chi connectivity index (χ1n) is 8.44. The van der Waals surface area contributed by atoms with E-state index in [1.807, 2.05) is 51.1 Å². The van der Waals surface area contributed by atoms with Gasteiger partial charge in [0.1, 0.15) is 12.2 Å². The standard InChI is InChI=1S/C19H27NO4/c1-18(2,3)24-16(21)13-20-12-11-19(9-10-19)17(22)23-14-15-7-5-4-6-8-15/h4-8,20H,9-14H2,1-3H3. The van der Waals surface area contributed by atoms with Gasteiger partial charge >= 0.3 is 11.9 Å². The van der Waals surface area contributed by atoms with Gasteiger partial charge in [0.05, 0.1) is 12.0 Å². The zero-order valence-corrected chi connectivity index (χ0v) is 14.8. The van der Waals surface area contributed by atoms with Crippen molar-refractivity contribution in [2.24, 2.45) is 5.41 Å². The second-order valence-corrected chi connectivity index (χ2v) is 7.36. The molecule has 24 heavy (non-hydrogen) atoms. The van der Waals surface area contributed by atoms with Crippen LogP contribution in [0.3, 0.4) is 0 Å². The number of carbonyl (C=O) groups excluding carboxylic acids is 2. The molecule has 1 N–H and O–H groups in total. The van der Waals surface area contributed by atoms with Crippen LogP contribution in [0.25, 0.3) is 0 Å². The van der Waals surface area contributed by atoms with Gasteiger partial charge in [-0.3, -0.25) is 9.59 Å². The third kappa shape index (κ3) is 5.96. The van der Waals surface area contributed by atoms with Crippen LogP contribution >= 0.6 is 0 Å². The van der Waals surface area contributed by atoms with Gasteiger partial charge < -0.3 is 14.8 Å². The van der Waals surface area contributed by atoms with Crippen molar-refractivity contribution in [3.63, 3.8) is 0 Å². The summed E-state index contributed by atoms with van der Waals surface area (Å²) in [6.45, 7) is 6.59. The Morgan fingerprint density at radius 2 is 1.83 bits per heavy atom. The zero-order valence-electron chi connectivity index (χ0n) is 14.8. The molecule has 1 fully saturated rings. The molecule has 0 radical (unpaired) electrons. The van der Waals surface area contributed by atoms with Crippen molar-refractivity contribution in [2.45, 2.75) is 52.2 Å². The van der Waals surface area contributed by atoms with Crippen molar-refractivity contribution >= 4 is 11.9 Å². The van der Waals surface area contributed by atoms with E-state index in [0.717, 1.165) is 18.4 Å². The molecule has 0 aromatic heterocycles. The topological polar surface area (TPSA) is 64.6 Å². The van der Waals surface area contributed by atoms with Crippen molar-refractivity contribution in [3.8, 4) is 0 Å². The Bertz CT molecular complexity index is 558. The van der Waals surface area contributed by atoms with Crippen molar-refractivity contribution in [2.75, 3.05) is 13.1 Å². The highest BCUT2D eigenvalue weighted by molar-refractivity contribution is 5.79. The maximum atomic E-state index is 12.3. The number of nitrogens with one attached hydrogen (secondary N) is 1. The van der Waals surface area contributed by atoms with Crippen LogP contribution in [0.15, 0.2) is 30.3 Å². The first-order valence-corrected chi connectivity index (χ1v) is 8.44. The van der Waals surface area contributed by atoms with E-state index < -0.39 is 5.60 Å². The Morgan fingerprint density at radius 1 is 1.17 bits per heavy atom. The number of benzene rings is 1. The Morgan fingerprint density at radius 3 is 2.42 bits per heavy atom. The molecule has 1 saturated carbocycles. The molecular weight excluding hydrogens is 306 g/mol. The van der Waals surface area contributed by atoms with Crippen LogP contribution in [0, 0.1) is 5.41 Å². The predicted octanol–water partition coefficient (Wildman–Crippen LogP) is 2.83. The lowest BCUT2D eigenvalue weighted by atomic mass is 10.0. The van der Waals surface area contributed by atoms with E-state index in [4.69, 9.17) is 9.47 Å². The number of hydrogen-bond acceptors (Lipinski definition) is 5. The number of ether oxygens (including phenoxy) is 2. The fraction of sp³-hybridized carbons (Fsp3) is 0.579. The zero-order chi connectivity index (χ0) is 17.6. The quantitative estimate of drug-likeness (QED) is 0.585. The summed E-state index contributed by atoms with van der Waals surface area (Å²) in [5, 5.41) is 3.05. The minimum Gasteiger partial charge on any atom is -0.460 e. The summed E-state index contributed by atoms with van der Waals surface area (Å²) in [6, 6.07) is 9.67. The average Bonchev–Trinajstić information content (AvgIpc) is 3.30. The van der Waals surface area contributed by atoms with Gasteiger partial charge in [0, 0.05) is 0 Å². The van der Waals surface area contributed by atoms with E-state index in [0.29, 0.717) is 19.6 Å². The predicted molar refractivity (Wildman–Crippen MR) is 91.2 cm³/mol. The molecule has 0 heterocycles. The summed E-state index contributed by atoms with van der Waals surface area (Å²) in [5.41, 5.74) is 0.151. The molecule has 1 aliphatic rings. The maximum Gasteiger partial charge on any atom is 0.320 e. The van der Waals surface area contributed by atoms with Gasteiger partial charge in [-0.2, -0.15) is 0 Å². The molecule has 0 atom stereocenters. The van der Waals surface area contributed by atoms with Gasteiger partial charge in [-0.15, -0.1) is 0 Å². The van der Waals surface area contributed by atoms with Crippen molar-refractivity contribution in [1.29, 1.82) is 0 Å². The Kier molecular flexibility index (Phi) is 5.99.